The van der Waals surface area contributed by atoms with Gasteiger partial charge in [0.15, 0.2) is 11.5 Å². The van der Waals surface area contributed by atoms with Crippen molar-refractivity contribution in [2.24, 2.45) is 0 Å². The quantitative estimate of drug-likeness (QED) is 0.324. The van der Waals surface area contributed by atoms with Gasteiger partial charge in [0.05, 0.1) is 11.1 Å². The van der Waals surface area contributed by atoms with Gasteiger partial charge in [-0.2, -0.15) is 0 Å². The van der Waals surface area contributed by atoms with Gasteiger partial charge in [0, 0.05) is 22.2 Å². The maximum Gasteiger partial charge on any atom is 0.175 e. The molecule has 0 bridgehead atoms. The van der Waals surface area contributed by atoms with E-state index in [2.05, 4.69) is 26.6 Å². The molecule has 164 valence electrons. The first-order chi connectivity index (χ1) is 13.0. The molecule has 0 saturated carbocycles. The van der Waals surface area contributed by atoms with E-state index in [-0.39, 0.29) is 24.8 Å². The Morgan fingerprint density at radius 3 is 2.45 bits per heavy atom. The Bertz CT molecular complexity index is 751. The van der Waals surface area contributed by atoms with Crippen LogP contribution in [-0.2, 0) is 13.2 Å². The van der Waals surface area contributed by atoms with Crippen molar-refractivity contribution in [2.75, 3.05) is 26.7 Å². The summed E-state index contributed by atoms with van der Waals surface area (Å²) in [4.78, 5) is 0. The highest BCUT2D eigenvalue weighted by atomic mass is 79.9. The molecular formula is C20H27BrCl4N2O2. The van der Waals surface area contributed by atoms with Crippen LogP contribution in [-0.4, -0.2) is 26.7 Å². The number of halogens is 5. The Labute approximate surface area is 204 Å². The van der Waals surface area contributed by atoms with Crippen molar-refractivity contribution in [3.8, 4) is 11.5 Å². The van der Waals surface area contributed by atoms with Crippen LogP contribution in [0.5, 0.6) is 11.5 Å². The lowest BCUT2D eigenvalue weighted by atomic mass is 10.2. The van der Waals surface area contributed by atoms with Gasteiger partial charge < -0.3 is 20.1 Å². The van der Waals surface area contributed by atoms with Gasteiger partial charge >= 0.3 is 0 Å². The molecular weight excluding hydrogens is 522 g/mol. The molecule has 0 unspecified atom stereocenters. The van der Waals surface area contributed by atoms with E-state index in [1.165, 1.54) is 0 Å². The molecule has 0 radical (unpaired) electrons. The van der Waals surface area contributed by atoms with E-state index in [0.29, 0.717) is 34.8 Å². The summed E-state index contributed by atoms with van der Waals surface area (Å²) in [6, 6.07) is 9.43. The highest BCUT2D eigenvalue weighted by Gasteiger charge is 2.13. The van der Waals surface area contributed by atoms with E-state index in [9.17, 15) is 0 Å². The first kappa shape index (κ1) is 28.6. The van der Waals surface area contributed by atoms with Gasteiger partial charge in [-0.15, -0.1) is 24.8 Å². The lowest BCUT2D eigenvalue weighted by molar-refractivity contribution is 0.267. The molecule has 2 rings (SSSR count). The molecule has 0 heterocycles. The Morgan fingerprint density at radius 1 is 1.03 bits per heavy atom. The van der Waals surface area contributed by atoms with Crippen LogP contribution in [0.25, 0.3) is 0 Å². The summed E-state index contributed by atoms with van der Waals surface area (Å²) in [5.74, 6) is 1.38. The second-order valence-corrected chi connectivity index (χ2v) is 7.69. The third-order valence-corrected chi connectivity index (χ3v) is 5.04. The number of nitrogens with one attached hydrogen (secondary N) is 2. The van der Waals surface area contributed by atoms with Crippen LogP contribution < -0.4 is 20.1 Å². The zero-order chi connectivity index (χ0) is 19.6. The second kappa shape index (κ2) is 15.4. The highest BCUT2D eigenvalue weighted by Crippen LogP contribution is 2.38. The summed E-state index contributed by atoms with van der Waals surface area (Å²) in [7, 11) is 1.96. The molecule has 4 nitrogen and oxygen atoms in total. The summed E-state index contributed by atoms with van der Waals surface area (Å²) in [6.07, 6.45) is 1.08. The Morgan fingerprint density at radius 2 is 1.79 bits per heavy atom. The van der Waals surface area contributed by atoms with E-state index in [1.807, 2.05) is 32.2 Å². The van der Waals surface area contributed by atoms with Gasteiger partial charge in [0.2, 0.25) is 0 Å². The molecule has 0 aromatic heterocycles. The number of rotatable bonds is 11. The normalized spacial score (nSPS) is 10.1. The van der Waals surface area contributed by atoms with Crippen LogP contribution >= 0.6 is 63.9 Å². The predicted molar refractivity (Wildman–Crippen MR) is 131 cm³/mol. The standard InChI is InChI=1S/C20H25BrCl2N2O2.2ClH/c1-3-26-19-10-14(12-25-8-4-7-24-2)9-17(21)20(19)27-13-15-5-6-16(22)11-18(15)23;;/h5-6,9-11,24-25H,3-4,7-8,12-13H2,1-2H3;2*1H. The molecule has 0 fully saturated rings. The molecule has 2 N–H and O–H groups in total. The van der Waals surface area contributed by atoms with Gasteiger partial charge in [-0.3, -0.25) is 0 Å². The van der Waals surface area contributed by atoms with Crippen molar-refractivity contribution in [3.63, 3.8) is 0 Å². The summed E-state index contributed by atoms with van der Waals surface area (Å²) in [5.41, 5.74) is 2.00. The summed E-state index contributed by atoms with van der Waals surface area (Å²) >= 11 is 15.8. The van der Waals surface area contributed by atoms with E-state index in [0.717, 1.165) is 41.7 Å². The van der Waals surface area contributed by atoms with Crippen LogP contribution in [0, 0.1) is 0 Å². The summed E-state index contributed by atoms with van der Waals surface area (Å²) in [5, 5.41) is 7.76. The average molecular weight is 549 g/mol. The van der Waals surface area contributed by atoms with Crippen LogP contribution in [0.4, 0.5) is 0 Å². The fraction of sp³-hybridized carbons (Fsp3) is 0.400. The second-order valence-electron chi connectivity index (χ2n) is 6.00. The van der Waals surface area contributed by atoms with E-state index in [4.69, 9.17) is 32.7 Å². The topological polar surface area (TPSA) is 42.5 Å². The van der Waals surface area contributed by atoms with Gasteiger partial charge in [0.1, 0.15) is 6.61 Å². The number of ether oxygens (including phenoxy) is 2. The molecule has 0 atom stereocenters. The van der Waals surface area contributed by atoms with Gasteiger partial charge in [-0.25, -0.2) is 0 Å². The molecule has 0 saturated heterocycles. The molecule has 0 aliphatic heterocycles. The SMILES string of the molecule is CCOc1cc(CNCCCNC)cc(Br)c1OCc1ccc(Cl)cc1Cl.Cl.Cl. The maximum absolute atomic E-state index is 6.23. The zero-order valence-electron chi connectivity index (χ0n) is 16.4. The molecule has 0 spiro atoms. The lowest BCUT2D eigenvalue weighted by Crippen LogP contribution is -2.19. The summed E-state index contributed by atoms with van der Waals surface area (Å²) in [6.45, 7) is 5.57. The minimum atomic E-state index is 0. The maximum atomic E-state index is 6.23. The van der Waals surface area contributed by atoms with Crippen LogP contribution in [0.2, 0.25) is 10.0 Å². The molecule has 29 heavy (non-hydrogen) atoms. The largest absolute Gasteiger partial charge is 0.490 e. The molecule has 9 heteroatoms. The van der Waals surface area contributed by atoms with Crippen molar-refractivity contribution in [3.05, 3.63) is 56.0 Å². The monoisotopic (exact) mass is 546 g/mol. The fourth-order valence-corrected chi connectivity index (χ4v) is 3.60. The Kier molecular flexibility index (Phi) is 15.2. The van der Waals surface area contributed by atoms with Crippen LogP contribution in [0.3, 0.4) is 0 Å². The smallest absolute Gasteiger partial charge is 0.175 e. The van der Waals surface area contributed by atoms with E-state index >= 15 is 0 Å². The van der Waals surface area contributed by atoms with Crippen molar-refractivity contribution in [1.82, 2.24) is 10.6 Å². The molecule has 0 aliphatic carbocycles. The minimum absolute atomic E-state index is 0. The van der Waals surface area contributed by atoms with Gasteiger partial charge in [-0.05, 0) is 79.2 Å². The average Bonchev–Trinajstić information content (AvgIpc) is 2.62. The molecule has 2 aromatic rings. The van der Waals surface area contributed by atoms with Gasteiger partial charge in [-0.1, -0.05) is 29.3 Å². The molecule has 0 amide bonds. The first-order valence-corrected chi connectivity index (χ1v) is 10.5. The number of benzene rings is 2. The lowest BCUT2D eigenvalue weighted by Gasteiger charge is -2.16. The van der Waals surface area contributed by atoms with E-state index in [1.54, 1.807) is 12.1 Å². The molecule has 0 aliphatic rings. The summed E-state index contributed by atoms with van der Waals surface area (Å²) < 4.78 is 12.7. The van der Waals surface area contributed by atoms with Crippen LogP contribution in [0.1, 0.15) is 24.5 Å². The Balaban J connectivity index is 0.00000392. The third-order valence-electron chi connectivity index (χ3n) is 3.87. The van der Waals surface area contributed by atoms with E-state index < -0.39 is 0 Å². The third kappa shape index (κ3) is 9.52. The number of hydrogen-bond donors (Lipinski definition) is 2. The number of hydrogen-bond acceptors (Lipinski definition) is 4. The Hall–Kier alpha value is -0.400. The van der Waals surface area contributed by atoms with Crippen molar-refractivity contribution in [1.29, 1.82) is 0 Å². The fourth-order valence-electron chi connectivity index (χ4n) is 2.54. The van der Waals surface area contributed by atoms with Crippen molar-refractivity contribution < 1.29 is 9.47 Å². The van der Waals surface area contributed by atoms with Crippen molar-refractivity contribution >= 4 is 63.9 Å². The first-order valence-electron chi connectivity index (χ1n) is 8.92. The van der Waals surface area contributed by atoms with Crippen molar-refractivity contribution in [2.45, 2.75) is 26.5 Å². The molecule has 2 aromatic carbocycles. The predicted octanol–water partition coefficient (Wildman–Crippen LogP) is 6.28. The van der Waals surface area contributed by atoms with Gasteiger partial charge in [0.25, 0.3) is 0 Å². The van der Waals surface area contributed by atoms with Crippen LogP contribution in [0.15, 0.2) is 34.8 Å². The minimum Gasteiger partial charge on any atom is -0.490 e. The highest BCUT2D eigenvalue weighted by molar-refractivity contribution is 9.10. The zero-order valence-corrected chi connectivity index (χ0v) is 21.1.